The Hall–Kier alpha value is -0.510. The van der Waals surface area contributed by atoms with E-state index in [0.29, 0.717) is 0 Å². The Morgan fingerprint density at radius 3 is 2.55 bits per heavy atom. The molecule has 1 aliphatic carbocycles. The highest BCUT2D eigenvalue weighted by molar-refractivity contribution is 5.83. The molecule has 0 amide bonds. The van der Waals surface area contributed by atoms with Crippen LogP contribution in [0.4, 0.5) is 8.78 Å². The summed E-state index contributed by atoms with van der Waals surface area (Å²) in [5.41, 5.74) is 5.21. The van der Waals surface area contributed by atoms with Crippen molar-refractivity contribution in [2.24, 2.45) is 11.7 Å². The summed E-state index contributed by atoms with van der Waals surface area (Å²) in [7, 11) is 0. The number of ketones is 1. The highest BCUT2D eigenvalue weighted by atomic mass is 19.3. The van der Waals surface area contributed by atoms with Crippen LogP contribution >= 0.6 is 0 Å². The number of nitrogens with two attached hydrogens (primary N) is 1. The van der Waals surface area contributed by atoms with Crippen LogP contribution in [0.15, 0.2) is 0 Å². The predicted molar refractivity (Wildman–Crippen MR) is 36.3 cm³/mol. The fourth-order valence-electron chi connectivity index (χ4n) is 0.920. The second-order valence-corrected chi connectivity index (χ2v) is 3.12. The third kappa shape index (κ3) is 1.96. The lowest BCUT2D eigenvalue weighted by atomic mass is 10.1. The Kier molecular flexibility index (Phi) is 1.96. The first-order valence-electron chi connectivity index (χ1n) is 3.59. The third-order valence-electron chi connectivity index (χ3n) is 1.91. The van der Waals surface area contributed by atoms with Crippen molar-refractivity contribution >= 4 is 5.78 Å². The lowest BCUT2D eigenvalue weighted by molar-refractivity contribution is -0.120. The van der Waals surface area contributed by atoms with Crippen LogP contribution in [-0.4, -0.2) is 17.7 Å². The van der Waals surface area contributed by atoms with E-state index in [1.807, 2.05) is 0 Å². The Labute approximate surface area is 63.8 Å². The monoisotopic (exact) mass is 163 g/mol. The van der Waals surface area contributed by atoms with Gasteiger partial charge in [-0.2, -0.15) is 0 Å². The van der Waals surface area contributed by atoms with Gasteiger partial charge in [-0.3, -0.25) is 4.79 Å². The zero-order valence-corrected chi connectivity index (χ0v) is 6.31. The summed E-state index contributed by atoms with van der Waals surface area (Å²) in [5.74, 6) is -3.60. The van der Waals surface area contributed by atoms with Crippen molar-refractivity contribution in [3.8, 4) is 0 Å². The molecule has 1 saturated carbocycles. The van der Waals surface area contributed by atoms with Gasteiger partial charge in [0.15, 0.2) is 0 Å². The molecule has 0 radical (unpaired) electrons. The van der Waals surface area contributed by atoms with Crippen LogP contribution in [0.1, 0.15) is 19.8 Å². The van der Waals surface area contributed by atoms with Crippen LogP contribution in [0, 0.1) is 5.92 Å². The molecule has 0 aromatic carbocycles. The van der Waals surface area contributed by atoms with E-state index < -0.39 is 17.9 Å². The van der Waals surface area contributed by atoms with E-state index in [0.717, 1.165) is 0 Å². The normalized spacial score (nSPS) is 29.6. The van der Waals surface area contributed by atoms with Gasteiger partial charge in [-0.1, -0.05) is 0 Å². The molecule has 1 fully saturated rings. The van der Waals surface area contributed by atoms with Crippen molar-refractivity contribution in [3.05, 3.63) is 0 Å². The minimum absolute atomic E-state index is 0.0648. The van der Waals surface area contributed by atoms with E-state index in [2.05, 4.69) is 0 Å². The zero-order valence-electron chi connectivity index (χ0n) is 6.31. The van der Waals surface area contributed by atoms with E-state index in [1.165, 1.54) is 6.92 Å². The van der Waals surface area contributed by atoms with Crippen molar-refractivity contribution in [1.82, 2.24) is 0 Å². The second-order valence-electron chi connectivity index (χ2n) is 3.12. The lowest BCUT2D eigenvalue weighted by Crippen LogP contribution is -2.27. The smallest absolute Gasteiger partial charge is 0.252 e. The molecule has 64 valence electrons. The summed E-state index contributed by atoms with van der Waals surface area (Å²) >= 11 is 0. The zero-order chi connectivity index (χ0) is 8.65. The van der Waals surface area contributed by atoms with E-state index >= 15 is 0 Å². The molecule has 1 aliphatic rings. The average Bonchev–Trinajstić information content (AvgIpc) is 2.39. The molecule has 2 nitrogen and oxygen atoms in total. The molecule has 0 bridgehead atoms. The van der Waals surface area contributed by atoms with Gasteiger partial charge < -0.3 is 5.73 Å². The lowest BCUT2D eigenvalue weighted by Gasteiger charge is -2.01. The van der Waals surface area contributed by atoms with Crippen molar-refractivity contribution in [2.45, 2.75) is 31.7 Å². The molecule has 2 unspecified atom stereocenters. The number of rotatable bonds is 3. The number of alkyl halides is 2. The maximum absolute atomic E-state index is 12.2. The molecule has 0 saturated heterocycles. The topological polar surface area (TPSA) is 43.1 Å². The molecule has 1 rings (SSSR count). The number of hydrogen-bond donors (Lipinski definition) is 1. The SMILES string of the molecule is CC(N)C(=O)CC1CC1(F)F. The first-order chi connectivity index (χ1) is 4.93. The van der Waals surface area contributed by atoms with Gasteiger partial charge in [0, 0.05) is 18.8 Å². The summed E-state index contributed by atoms with van der Waals surface area (Å²) in [6.45, 7) is 1.52. The van der Waals surface area contributed by atoms with Crippen molar-refractivity contribution in [3.63, 3.8) is 0 Å². The van der Waals surface area contributed by atoms with Crippen LogP contribution in [0.2, 0.25) is 0 Å². The van der Waals surface area contributed by atoms with Crippen molar-refractivity contribution in [2.75, 3.05) is 0 Å². The summed E-state index contributed by atoms with van der Waals surface area (Å²) in [6.07, 6.45) is -0.212. The molecule has 0 aliphatic heterocycles. The fraction of sp³-hybridized carbons (Fsp3) is 0.857. The highest BCUT2D eigenvalue weighted by Gasteiger charge is 2.57. The molecule has 0 aromatic rings. The molecular weight excluding hydrogens is 152 g/mol. The molecule has 0 spiro atoms. The van der Waals surface area contributed by atoms with Crippen molar-refractivity contribution < 1.29 is 13.6 Å². The minimum atomic E-state index is -2.59. The van der Waals surface area contributed by atoms with Crippen LogP contribution in [0.25, 0.3) is 0 Å². The van der Waals surface area contributed by atoms with Gasteiger partial charge in [0.2, 0.25) is 0 Å². The predicted octanol–water partition coefficient (Wildman–Crippen LogP) is 0.948. The Bertz CT molecular complexity index is 179. The largest absolute Gasteiger partial charge is 0.322 e. The van der Waals surface area contributed by atoms with Gasteiger partial charge >= 0.3 is 0 Å². The number of carbonyl (C=O) groups excluding carboxylic acids is 1. The maximum atomic E-state index is 12.2. The highest BCUT2D eigenvalue weighted by Crippen LogP contribution is 2.50. The number of hydrogen-bond acceptors (Lipinski definition) is 2. The average molecular weight is 163 g/mol. The summed E-state index contributed by atoms with van der Waals surface area (Å²) in [5, 5.41) is 0. The van der Waals surface area contributed by atoms with Crippen LogP contribution in [0.3, 0.4) is 0 Å². The van der Waals surface area contributed by atoms with E-state index in [9.17, 15) is 13.6 Å². The summed E-state index contributed by atoms with van der Waals surface area (Å²) in [4.78, 5) is 10.8. The van der Waals surface area contributed by atoms with E-state index in [4.69, 9.17) is 5.73 Å². The Morgan fingerprint density at radius 1 is 1.82 bits per heavy atom. The number of carbonyl (C=O) groups is 1. The molecule has 11 heavy (non-hydrogen) atoms. The summed E-state index contributed by atoms with van der Waals surface area (Å²) < 4.78 is 24.5. The standard InChI is InChI=1S/C7H11F2NO/c1-4(10)6(11)2-5-3-7(5,8)9/h4-5H,2-3,10H2,1H3. The van der Waals surface area contributed by atoms with Gasteiger partial charge in [-0.25, -0.2) is 8.78 Å². The number of Topliss-reactive ketones (excluding diaryl/α,β-unsaturated/α-hetero) is 1. The van der Waals surface area contributed by atoms with Crippen molar-refractivity contribution in [1.29, 1.82) is 0 Å². The van der Waals surface area contributed by atoms with Crippen LogP contribution in [0.5, 0.6) is 0 Å². The van der Waals surface area contributed by atoms with Crippen LogP contribution in [-0.2, 0) is 4.79 Å². The molecular formula is C7H11F2NO. The molecule has 0 heterocycles. The quantitative estimate of drug-likeness (QED) is 0.673. The van der Waals surface area contributed by atoms with Gasteiger partial charge in [0.1, 0.15) is 5.78 Å². The molecule has 2 N–H and O–H groups in total. The Morgan fingerprint density at radius 2 is 2.27 bits per heavy atom. The van der Waals surface area contributed by atoms with Crippen LogP contribution < -0.4 is 5.73 Å². The molecule has 0 aromatic heterocycles. The third-order valence-corrected chi connectivity index (χ3v) is 1.91. The van der Waals surface area contributed by atoms with Gasteiger partial charge in [-0.15, -0.1) is 0 Å². The first kappa shape index (κ1) is 8.59. The second kappa shape index (κ2) is 2.52. The Balaban J connectivity index is 2.29. The molecule has 2 atom stereocenters. The van der Waals surface area contributed by atoms with Gasteiger partial charge in [0.05, 0.1) is 6.04 Å². The maximum Gasteiger partial charge on any atom is 0.252 e. The first-order valence-corrected chi connectivity index (χ1v) is 3.59. The van der Waals surface area contributed by atoms with E-state index in [-0.39, 0.29) is 18.6 Å². The fourth-order valence-corrected chi connectivity index (χ4v) is 0.920. The molecule has 4 heteroatoms. The minimum Gasteiger partial charge on any atom is -0.322 e. The van der Waals surface area contributed by atoms with E-state index in [1.54, 1.807) is 0 Å². The summed E-state index contributed by atoms with van der Waals surface area (Å²) in [6, 6.07) is -0.605. The number of halogens is 2. The van der Waals surface area contributed by atoms with Gasteiger partial charge in [0.25, 0.3) is 5.92 Å². The van der Waals surface area contributed by atoms with Gasteiger partial charge in [-0.05, 0) is 6.92 Å².